The van der Waals surface area contributed by atoms with Gasteiger partial charge in [0.25, 0.3) is 0 Å². The first kappa shape index (κ1) is 13.7. The largest absolute Gasteiger partial charge is 0.496 e. The van der Waals surface area contributed by atoms with E-state index in [0.717, 1.165) is 17.7 Å². The third-order valence-electron chi connectivity index (χ3n) is 3.52. The van der Waals surface area contributed by atoms with Crippen LogP contribution in [0.1, 0.15) is 36.7 Å². The summed E-state index contributed by atoms with van der Waals surface area (Å²) in [7, 11) is 3.16. The highest BCUT2D eigenvalue weighted by Gasteiger charge is 2.33. The van der Waals surface area contributed by atoms with Gasteiger partial charge in [-0.1, -0.05) is 13.8 Å². The van der Waals surface area contributed by atoms with Gasteiger partial charge in [-0.3, -0.25) is 4.79 Å². The van der Waals surface area contributed by atoms with Crippen molar-refractivity contribution in [2.75, 3.05) is 14.2 Å². The second-order valence-corrected chi connectivity index (χ2v) is 5.12. The van der Waals surface area contributed by atoms with Crippen LogP contribution in [-0.2, 0) is 6.42 Å². The normalized spacial score (nSPS) is 17.1. The smallest absolute Gasteiger partial charge is 0.167 e. The molecule has 0 bridgehead atoms. The molecule has 0 N–H and O–H groups in total. The number of hydrogen-bond acceptors (Lipinski definition) is 4. The maximum atomic E-state index is 11.9. The number of ether oxygens (including phenoxy) is 3. The molecule has 1 aromatic carbocycles. The van der Waals surface area contributed by atoms with Crippen molar-refractivity contribution in [2.45, 2.75) is 33.3 Å². The Morgan fingerprint density at radius 3 is 2.42 bits per heavy atom. The number of benzene rings is 1. The third kappa shape index (κ3) is 2.27. The van der Waals surface area contributed by atoms with Crippen molar-refractivity contribution in [3.8, 4) is 17.2 Å². The third-order valence-corrected chi connectivity index (χ3v) is 3.52. The number of Topliss-reactive ketones (excluding diaryl/α,β-unsaturated/α-hetero) is 1. The number of rotatable bonds is 4. The molecule has 1 aliphatic rings. The molecule has 0 aliphatic carbocycles. The molecule has 0 amide bonds. The Balaban J connectivity index is 2.60. The summed E-state index contributed by atoms with van der Waals surface area (Å²) in [5.74, 6) is 2.18. The zero-order chi connectivity index (χ0) is 14.2. The Morgan fingerprint density at radius 2 is 1.95 bits per heavy atom. The molecular formula is C15H20O4. The van der Waals surface area contributed by atoms with Crippen LogP contribution in [0.25, 0.3) is 0 Å². The van der Waals surface area contributed by atoms with Crippen LogP contribution in [-0.4, -0.2) is 26.1 Å². The molecule has 1 aliphatic heterocycles. The molecule has 1 aromatic rings. The van der Waals surface area contributed by atoms with E-state index in [-0.39, 0.29) is 11.9 Å². The number of fused-ring (bicyclic) bond motifs is 1. The molecule has 0 saturated carbocycles. The number of carbonyl (C=O) groups is 1. The Labute approximate surface area is 113 Å². The molecule has 0 aromatic heterocycles. The van der Waals surface area contributed by atoms with Crippen molar-refractivity contribution in [1.29, 1.82) is 0 Å². The van der Waals surface area contributed by atoms with Crippen molar-refractivity contribution in [1.82, 2.24) is 0 Å². The minimum absolute atomic E-state index is 0.0554. The van der Waals surface area contributed by atoms with Crippen molar-refractivity contribution in [3.63, 3.8) is 0 Å². The van der Waals surface area contributed by atoms with Gasteiger partial charge in [0, 0.05) is 18.1 Å². The van der Waals surface area contributed by atoms with E-state index in [2.05, 4.69) is 13.8 Å². The molecule has 1 unspecified atom stereocenters. The maximum absolute atomic E-state index is 11.9. The van der Waals surface area contributed by atoms with Gasteiger partial charge in [-0.2, -0.15) is 0 Å². The van der Waals surface area contributed by atoms with Crippen LogP contribution in [0.15, 0.2) is 6.07 Å². The number of carbonyl (C=O) groups excluding carboxylic acids is 1. The standard InChI is InChI=1S/C15H20O4/c1-8(2)11-6-10-12(17-4)7-13(18-5)14(9(3)16)15(10)19-11/h7-8,11H,6H2,1-5H3. The van der Waals surface area contributed by atoms with Gasteiger partial charge in [0.05, 0.1) is 14.2 Å². The number of methoxy groups -OCH3 is 2. The SMILES string of the molecule is COc1cc(OC)c(C(C)=O)c2c1CC(C(C)C)O2. The first-order valence-electron chi connectivity index (χ1n) is 6.45. The predicted octanol–water partition coefficient (Wildman–Crippen LogP) is 2.87. The van der Waals surface area contributed by atoms with Crippen LogP contribution in [0.3, 0.4) is 0 Å². The Morgan fingerprint density at radius 1 is 1.32 bits per heavy atom. The Bertz CT molecular complexity index is 505. The van der Waals surface area contributed by atoms with E-state index in [0.29, 0.717) is 23.0 Å². The summed E-state index contributed by atoms with van der Waals surface area (Å²) in [5.41, 5.74) is 1.48. The highest BCUT2D eigenvalue weighted by atomic mass is 16.5. The summed E-state index contributed by atoms with van der Waals surface area (Å²) in [6, 6.07) is 1.77. The monoisotopic (exact) mass is 264 g/mol. The van der Waals surface area contributed by atoms with E-state index in [9.17, 15) is 4.79 Å². The first-order chi connectivity index (χ1) is 8.99. The van der Waals surface area contributed by atoms with Crippen LogP contribution in [0.4, 0.5) is 0 Å². The number of hydrogen-bond donors (Lipinski definition) is 0. The molecule has 104 valence electrons. The minimum Gasteiger partial charge on any atom is -0.496 e. The lowest BCUT2D eigenvalue weighted by Gasteiger charge is -2.16. The average Bonchev–Trinajstić information content (AvgIpc) is 2.80. The molecule has 0 saturated heterocycles. The summed E-state index contributed by atoms with van der Waals surface area (Å²) < 4.78 is 16.6. The fraction of sp³-hybridized carbons (Fsp3) is 0.533. The Hall–Kier alpha value is -1.71. The minimum atomic E-state index is -0.0554. The van der Waals surface area contributed by atoms with Gasteiger partial charge >= 0.3 is 0 Å². The fourth-order valence-electron chi connectivity index (χ4n) is 2.42. The van der Waals surface area contributed by atoms with Crippen LogP contribution in [0.5, 0.6) is 17.2 Å². The van der Waals surface area contributed by atoms with Gasteiger partial charge in [-0.25, -0.2) is 0 Å². The van der Waals surface area contributed by atoms with Gasteiger partial charge in [0.2, 0.25) is 0 Å². The van der Waals surface area contributed by atoms with Crippen LogP contribution >= 0.6 is 0 Å². The van der Waals surface area contributed by atoms with Gasteiger partial charge in [-0.05, 0) is 12.8 Å². The highest BCUT2D eigenvalue weighted by Crippen LogP contribution is 2.45. The maximum Gasteiger partial charge on any atom is 0.167 e. The molecule has 4 nitrogen and oxygen atoms in total. The van der Waals surface area contributed by atoms with Crippen molar-refractivity contribution < 1.29 is 19.0 Å². The van der Waals surface area contributed by atoms with E-state index >= 15 is 0 Å². The summed E-state index contributed by atoms with van der Waals surface area (Å²) in [6.07, 6.45) is 0.842. The molecule has 1 atom stereocenters. The Kier molecular flexibility index (Phi) is 3.69. The fourth-order valence-corrected chi connectivity index (χ4v) is 2.42. The molecule has 4 heteroatoms. The lowest BCUT2D eigenvalue weighted by Crippen LogP contribution is -2.20. The molecule has 0 fully saturated rings. The topological polar surface area (TPSA) is 44.8 Å². The zero-order valence-electron chi connectivity index (χ0n) is 12.1. The van der Waals surface area contributed by atoms with Gasteiger partial charge in [-0.15, -0.1) is 0 Å². The van der Waals surface area contributed by atoms with E-state index in [1.165, 1.54) is 6.92 Å². The van der Waals surface area contributed by atoms with Crippen molar-refractivity contribution >= 4 is 5.78 Å². The predicted molar refractivity (Wildman–Crippen MR) is 72.5 cm³/mol. The van der Waals surface area contributed by atoms with Crippen LogP contribution < -0.4 is 14.2 Å². The quantitative estimate of drug-likeness (QED) is 0.784. The van der Waals surface area contributed by atoms with Crippen LogP contribution in [0, 0.1) is 5.92 Å². The first-order valence-corrected chi connectivity index (χ1v) is 6.45. The zero-order valence-corrected chi connectivity index (χ0v) is 12.1. The van der Waals surface area contributed by atoms with Gasteiger partial charge < -0.3 is 14.2 Å². The van der Waals surface area contributed by atoms with Crippen molar-refractivity contribution in [2.24, 2.45) is 5.92 Å². The second-order valence-electron chi connectivity index (χ2n) is 5.12. The molecule has 19 heavy (non-hydrogen) atoms. The van der Waals surface area contributed by atoms with Gasteiger partial charge in [0.1, 0.15) is 28.9 Å². The summed E-state index contributed by atoms with van der Waals surface area (Å²) in [5, 5.41) is 0. The molecule has 0 radical (unpaired) electrons. The molecule has 1 heterocycles. The lowest BCUT2D eigenvalue weighted by molar-refractivity contribution is 0.100. The second kappa shape index (κ2) is 5.11. The average molecular weight is 264 g/mol. The van der Waals surface area contributed by atoms with Crippen LogP contribution in [0.2, 0.25) is 0 Å². The van der Waals surface area contributed by atoms with E-state index in [4.69, 9.17) is 14.2 Å². The molecule has 0 spiro atoms. The molecule has 2 rings (SSSR count). The summed E-state index contributed by atoms with van der Waals surface area (Å²) >= 11 is 0. The van der Waals surface area contributed by atoms with Gasteiger partial charge in [0.15, 0.2) is 5.78 Å². The lowest BCUT2D eigenvalue weighted by atomic mass is 9.98. The molecular weight excluding hydrogens is 244 g/mol. The van der Waals surface area contributed by atoms with E-state index in [1.54, 1.807) is 20.3 Å². The highest BCUT2D eigenvalue weighted by molar-refractivity contribution is 6.00. The number of ketones is 1. The van der Waals surface area contributed by atoms with E-state index in [1.807, 2.05) is 0 Å². The van der Waals surface area contributed by atoms with E-state index < -0.39 is 0 Å². The van der Waals surface area contributed by atoms with Crippen molar-refractivity contribution in [3.05, 3.63) is 17.2 Å². The summed E-state index contributed by atoms with van der Waals surface area (Å²) in [4.78, 5) is 11.9. The summed E-state index contributed by atoms with van der Waals surface area (Å²) in [6.45, 7) is 5.73.